The Morgan fingerprint density at radius 1 is 0.912 bits per heavy atom. The fourth-order valence-electron chi connectivity index (χ4n) is 3.94. The molecule has 0 aliphatic heterocycles. The number of esters is 1. The van der Waals surface area contributed by atoms with Gasteiger partial charge in [0.05, 0.1) is 11.1 Å². The van der Waals surface area contributed by atoms with Gasteiger partial charge in [0.1, 0.15) is 12.2 Å². The summed E-state index contributed by atoms with van der Waals surface area (Å²) in [6, 6.07) is 20.7. The molecule has 5 rings (SSSR count). The van der Waals surface area contributed by atoms with Crippen LogP contribution < -0.4 is 11.2 Å². The van der Waals surface area contributed by atoms with Crippen molar-refractivity contribution in [3.8, 4) is 5.69 Å². The van der Waals surface area contributed by atoms with E-state index in [1.165, 1.54) is 10.7 Å². The molecule has 7 nitrogen and oxygen atoms in total. The molecule has 0 fully saturated rings. The van der Waals surface area contributed by atoms with Crippen molar-refractivity contribution < 1.29 is 13.9 Å². The van der Waals surface area contributed by atoms with Gasteiger partial charge in [-0.3, -0.25) is 4.79 Å². The predicted octanol–water partition coefficient (Wildman–Crippen LogP) is 4.47. The number of ether oxygens (including phenoxy) is 1. The molecule has 0 bridgehead atoms. The third kappa shape index (κ3) is 3.67. The third-order valence-electron chi connectivity index (χ3n) is 5.88. The first-order valence-electron chi connectivity index (χ1n) is 10.7. The van der Waals surface area contributed by atoms with E-state index in [4.69, 9.17) is 9.15 Å². The zero-order valence-corrected chi connectivity index (χ0v) is 18.6. The maximum atomic E-state index is 13.2. The fourth-order valence-corrected chi connectivity index (χ4v) is 3.94. The van der Waals surface area contributed by atoms with Crippen LogP contribution in [0.15, 0.2) is 86.8 Å². The van der Waals surface area contributed by atoms with Crippen LogP contribution in [0.4, 0.5) is 0 Å². The van der Waals surface area contributed by atoms with E-state index in [1.54, 1.807) is 48.5 Å². The van der Waals surface area contributed by atoms with Crippen molar-refractivity contribution in [2.75, 3.05) is 0 Å². The predicted molar refractivity (Wildman–Crippen MR) is 128 cm³/mol. The number of rotatable bonds is 4. The molecule has 0 spiro atoms. The summed E-state index contributed by atoms with van der Waals surface area (Å²) in [6.07, 6.45) is 0. The molecule has 168 valence electrons. The van der Waals surface area contributed by atoms with Crippen LogP contribution in [-0.2, 0) is 11.3 Å². The average molecular weight is 452 g/mol. The van der Waals surface area contributed by atoms with Crippen molar-refractivity contribution in [2.45, 2.75) is 20.5 Å². The zero-order chi connectivity index (χ0) is 23.8. The number of aryl methyl sites for hydroxylation is 2. The largest absolute Gasteiger partial charge is 0.456 e. The lowest BCUT2D eigenvalue weighted by molar-refractivity contribution is 0.0467. The normalized spacial score (nSPS) is 11.1. The van der Waals surface area contributed by atoms with Crippen molar-refractivity contribution >= 4 is 27.7 Å². The highest BCUT2D eigenvalue weighted by atomic mass is 16.5. The van der Waals surface area contributed by atoms with Gasteiger partial charge < -0.3 is 9.15 Å². The second-order valence-electron chi connectivity index (χ2n) is 8.00. The highest BCUT2D eigenvalue weighted by Gasteiger charge is 2.20. The first-order chi connectivity index (χ1) is 16.4. The Balaban J connectivity index is 1.57. The molecule has 0 N–H and O–H groups in total. The van der Waals surface area contributed by atoms with Crippen molar-refractivity contribution in [3.63, 3.8) is 0 Å². The van der Waals surface area contributed by atoms with E-state index in [2.05, 4.69) is 5.10 Å². The van der Waals surface area contributed by atoms with Gasteiger partial charge in [0, 0.05) is 22.4 Å². The molecule has 34 heavy (non-hydrogen) atoms. The summed E-state index contributed by atoms with van der Waals surface area (Å²) in [5, 5.41) is 5.78. The quantitative estimate of drug-likeness (QED) is 0.295. The zero-order valence-electron chi connectivity index (χ0n) is 18.6. The highest BCUT2D eigenvalue weighted by molar-refractivity contribution is 6.02. The monoisotopic (exact) mass is 452 g/mol. The summed E-state index contributed by atoms with van der Waals surface area (Å²) >= 11 is 0. The maximum Gasteiger partial charge on any atom is 0.359 e. The Labute approximate surface area is 193 Å². The van der Waals surface area contributed by atoms with Crippen LogP contribution in [0, 0.1) is 13.8 Å². The number of para-hydroxylation sites is 1. The SMILES string of the molecule is Cc1ccc2c(COC(=O)c3nn(-c4ccccc4)c(=O)c4ccccc34)cc(=O)oc2c1C. The number of hydrogen-bond donors (Lipinski definition) is 0. The Bertz CT molecular complexity index is 1680. The minimum Gasteiger partial charge on any atom is -0.456 e. The summed E-state index contributed by atoms with van der Waals surface area (Å²) in [6.45, 7) is 3.66. The minimum atomic E-state index is -0.703. The summed E-state index contributed by atoms with van der Waals surface area (Å²) in [5.41, 5.74) is 2.53. The molecule has 0 saturated heterocycles. The van der Waals surface area contributed by atoms with Crippen LogP contribution in [-0.4, -0.2) is 15.7 Å². The molecule has 0 saturated carbocycles. The van der Waals surface area contributed by atoms with Crippen LogP contribution >= 0.6 is 0 Å². The molecular formula is C27H20N2O5. The number of fused-ring (bicyclic) bond motifs is 2. The fraction of sp³-hybridized carbons (Fsp3) is 0.111. The molecule has 0 amide bonds. The van der Waals surface area contributed by atoms with E-state index in [0.717, 1.165) is 11.1 Å². The van der Waals surface area contributed by atoms with Gasteiger partial charge in [-0.15, -0.1) is 0 Å². The Morgan fingerprint density at radius 3 is 2.38 bits per heavy atom. The third-order valence-corrected chi connectivity index (χ3v) is 5.88. The van der Waals surface area contributed by atoms with E-state index in [-0.39, 0.29) is 17.9 Å². The summed E-state index contributed by atoms with van der Waals surface area (Å²) in [5.74, 6) is -0.703. The van der Waals surface area contributed by atoms with Gasteiger partial charge in [0.15, 0.2) is 5.69 Å². The smallest absolute Gasteiger partial charge is 0.359 e. The first-order valence-corrected chi connectivity index (χ1v) is 10.7. The lowest BCUT2D eigenvalue weighted by atomic mass is 10.0. The molecule has 7 heteroatoms. The molecule has 0 unspecified atom stereocenters. The number of nitrogens with zero attached hydrogens (tertiary/aromatic N) is 2. The Hall–Kier alpha value is -4.52. The second-order valence-corrected chi connectivity index (χ2v) is 8.00. The maximum absolute atomic E-state index is 13.2. The van der Waals surface area contributed by atoms with Crippen molar-refractivity contribution in [2.24, 2.45) is 0 Å². The van der Waals surface area contributed by atoms with E-state index < -0.39 is 11.6 Å². The van der Waals surface area contributed by atoms with Gasteiger partial charge in [-0.2, -0.15) is 9.78 Å². The van der Waals surface area contributed by atoms with Crippen LogP contribution in [0.3, 0.4) is 0 Å². The number of hydrogen-bond acceptors (Lipinski definition) is 6. The Morgan fingerprint density at radius 2 is 1.62 bits per heavy atom. The van der Waals surface area contributed by atoms with Gasteiger partial charge in [0.2, 0.25) is 0 Å². The number of benzene rings is 3. The van der Waals surface area contributed by atoms with Crippen LogP contribution in [0.5, 0.6) is 0 Å². The molecule has 0 radical (unpaired) electrons. The van der Waals surface area contributed by atoms with E-state index in [1.807, 2.05) is 32.0 Å². The lowest BCUT2D eigenvalue weighted by Gasteiger charge is -2.12. The highest BCUT2D eigenvalue weighted by Crippen LogP contribution is 2.24. The lowest BCUT2D eigenvalue weighted by Crippen LogP contribution is -2.25. The minimum absolute atomic E-state index is 0.0124. The summed E-state index contributed by atoms with van der Waals surface area (Å²) in [4.78, 5) is 38.3. The number of aromatic nitrogens is 2. The first kappa shape index (κ1) is 21.3. The molecule has 2 aromatic heterocycles. The number of carbonyl (C=O) groups is 1. The van der Waals surface area contributed by atoms with Crippen molar-refractivity contribution in [1.82, 2.24) is 9.78 Å². The van der Waals surface area contributed by atoms with Gasteiger partial charge in [-0.05, 0) is 43.2 Å². The van der Waals surface area contributed by atoms with Gasteiger partial charge >= 0.3 is 11.6 Å². The van der Waals surface area contributed by atoms with Crippen molar-refractivity contribution in [3.05, 3.63) is 116 Å². The van der Waals surface area contributed by atoms with E-state index >= 15 is 0 Å². The molecule has 0 atom stereocenters. The molecule has 0 aliphatic rings. The standard InChI is InChI=1S/C27H20N2O5/c1-16-12-13-20-18(14-23(30)34-25(20)17(16)2)15-33-27(32)24-21-10-6-7-11-22(21)26(31)29(28-24)19-8-4-3-5-9-19/h3-14H,15H2,1-2H3. The summed E-state index contributed by atoms with van der Waals surface area (Å²) in [7, 11) is 0. The second kappa shape index (κ2) is 8.44. The molecule has 2 heterocycles. The molecule has 0 aliphatic carbocycles. The average Bonchev–Trinajstić information content (AvgIpc) is 2.86. The Kier molecular flexibility index (Phi) is 5.30. The van der Waals surface area contributed by atoms with Crippen LogP contribution in [0.25, 0.3) is 27.4 Å². The number of carbonyl (C=O) groups excluding carboxylic acids is 1. The molecule has 3 aromatic carbocycles. The topological polar surface area (TPSA) is 91.4 Å². The van der Waals surface area contributed by atoms with E-state index in [9.17, 15) is 14.4 Å². The van der Waals surface area contributed by atoms with Crippen molar-refractivity contribution in [1.29, 1.82) is 0 Å². The van der Waals surface area contributed by atoms with Gasteiger partial charge in [-0.1, -0.05) is 48.5 Å². The van der Waals surface area contributed by atoms with Gasteiger partial charge in [0.25, 0.3) is 5.56 Å². The molecule has 5 aromatic rings. The van der Waals surface area contributed by atoms with E-state index in [0.29, 0.717) is 33.0 Å². The van der Waals surface area contributed by atoms with Gasteiger partial charge in [-0.25, -0.2) is 9.59 Å². The summed E-state index contributed by atoms with van der Waals surface area (Å²) < 4.78 is 12.2. The molecular weight excluding hydrogens is 432 g/mol. The van der Waals surface area contributed by atoms with Crippen LogP contribution in [0.1, 0.15) is 27.2 Å². The van der Waals surface area contributed by atoms with Crippen LogP contribution in [0.2, 0.25) is 0 Å².